The standard InChI is InChI=1S/C26H37N5O4/c1-4-5-13-27-24(34)26(11-7-6-8-12-26)30-22(32)18-14-19(17-9-10-17)28-21-20(18)23(33)29-25(35)31(21)15-16(2)3/h14,16-17H,4-13,15H2,1-3H3,(H,27,34)(H,30,32)(H,29,33,35). The minimum Gasteiger partial charge on any atom is -0.354 e. The van der Waals surface area contributed by atoms with Crippen LogP contribution in [0, 0.1) is 5.92 Å². The number of aromatic nitrogens is 3. The summed E-state index contributed by atoms with van der Waals surface area (Å²) in [4.78, 5) is 59.7. The molecule has 0 aromatic carbocycles. The molecule has 9 heteroatoms. The van der Waals surface area contributed by atoms with E-state index in [0.717, 1.165) is 50.6 Å². The lowest BCUT2D eigenvalue weighted by Gasteiger charge is -2.36. The molecule has 2 fully saturated rings. The van der Waals surface area contributed by atoms with Gasteiger partial charge < -0.3 is 10.6 Å². The van der Waals surface area contributed by atoms with Gasteiger partial charge in [-0.2, -0.15) is 0 Å². The Hall–Kier alpha value is -2.97. The predicted octanol–water partition coefficient (Wildman–Crippen LogP) is 2.97. The first-order chi connectivity index (χ1) is 16.8. The highest BCUT2D eigenvalue weighted by atomic mass is 16.2. The van der Waals surface area contributed by atoms with E-state index in [9.17, 15) is 19.2 Å². The smallest absolute Gasteiger partial charge is 0.330 e. The lowest BCUT2D eigenvalue weighted by molar-refractivity contribution is -0.128. The molecular weight excluding hydrogens is 446 g/mol. The van der Waals surface area contributed by atoms with Crippen LogP contribution >= 0.6 is 0 Å². The number of unbranched alkanes of at least 4 members (excludes halogenated alkanes) is 1. The fourth-order valence-electron chi connectivity index (χ4n) is 4.99. The van der Waals surface area contributed by atoms with Crippen LogP contribution in [0.2, 0.25) is 0 Å². The van der Waals surface area contributed by atoms with Gasteiger partial charge in [0.05, 0.1) is 10.9 Å². The Labute approximate surface area is 205 Å². The molecule has 0 spiro atoms. The van der Waals surface area contributed by atoms with Crippen molar-refractivity contribution in [3.05, 3.63) is 38.2 Å². The van der Waals surface area contributed by atoms with Gasteiger partial charge >= 0.3 is 5.69 Å². The summed E-state index contributed by atoms with van der Waals surface area (Å²) < 4.78 is 1.46. The monoisotopic (exact) mass is 483 g/mol. The molecule has 0 atom stereocenters. The SMILES string of the molecule is CCCCNC(=O)C1(NC(=O)c2cc(C3CC3)nc3c2c(=O)[nH]c(=O)n3CC(C)C)CCCCC1. The number of carbonyl (C=O) groups is 2. The van der Waals surface area contributed by atoms with E-state index in [4.69, 9.17) is 0 Å². The topological polar surface area (TPSA) is 126 Å². The van der Waals surface area contributed by atoms with Gasteiger partial charge in [0.15, 0.2) is 5.65 Å². The van der Waals surface area contributed by atoms with Crippen LogP contribution in [0.1, 0.15) is 101 Å². The second kappa shape index (κ2) is 10.3. The van der Waals surface area contributed by atoms with Gasteiger partial charge in [0.1, 0.15) is 5.54 Å². The van der Waals surface area contributed by atoms with E-state index in [2.05, 4.69) is 27.5 Å². The average molecular weight is 484 g/mol. The van der Waals surface area contributed by atoms with Gasteiger partial charge in [-0.05, 0) is 44.1 Å². The number of amides is 2. The molecule has 4 rings (SSSR count). The molecule has 3 N–H and O–H groups in total. The maximum Gasteiger partial charge on any atom is 0.330 e. The second-order valence-corrected chi connectivity index (χ2v) is 10.5. The molecule has 2 aliphatic rings. The Kier molecular flexibility index (Phi) is 7.42. The van der Waals surface area contributed by atoms with Crippen LogP contribution in [-0.2, 0) is 11.3 Å². The first-order valence-corrected chi connectivity index (χ1v) is 13.0. The van der Waals surface area contributed by atoms with E-state index in [1.807, 2.05) is 13.8 Å². The Morgan fingerprint density at radius 1 is 1.20 bits per heavy atom. The number of hydrogen-bond donors (Lipinski definition) is 3. The number of rotatable bonds is 9. The van der Waals surface area contributed by atoms with Gasteiger partial charge in [0.25, 0.3) is 11.5 Å². The summed E-state index contributed by atoms with van der Waals surface area (Å²) in [6.07, 6.45) is 7.59. The van der Waals surface area contributed by atoms with Gasteiger partial charge in [-0.15, -0.1) is 0 Å². The second-order valence-electron chi connectivity index (χ2n) is 10.5. The van der Waals surface area contributed by atoms with Crippen LogP contribution in [0.3, 0.4) is 0 Å². The fourth-order valence-corrected chi connectivity index (χ4v) is 4.99. The van der Waals surface area contributed by atoms with Crippen LogP contribution in [-0.4, -0.2) is 38.4 Å². The summed E-state index contributed by atoms with van der Waals surface area (Å²) in [7, 11) is 0. The normalized spacial score (nSPS) is 17.5. The quantitative estimate of drug-likeness (QED) is 0.473. The van der Waals surface area contributed by atoms with Gasteiger partial charge in [0, 0.05) is 24.7 Å². The predicted molar refractivity (Wildman–Crippen MR) is 135 cm³/mol. The van der Waals surface area contributed by atoms with E-state index in [0.29, 0.717) is 25.9 Å². The highest BCUT2D eigenvalue weighted by Crippen LogP contribution is 2.40. The fraction of sp³-hybridized carbons (Fsp3) is 0.654. The number of aromatic amines is 1. The maximum absolute atomic E-state index is 13.8. The van der Waals surface area contributed by atoms with Crippen LogP contribution in [0.25, 0.3) is 11.0 Å². The lowest BCUT2D eigenvalue weighted by atomic mass is 9.80. The number of nitrogens with one attached hydrogen (secondary N) is 3. The summed E-state index contributed by atoms with van der Waals surface area (Å²) in [6, 6.07) is 1.68. The first-order valence-electron chi connectivity index (χ1n) is 13.0. The van der Waals surface area contributed by atoms with Gasteiger partial charge in [-0.3, -0.25) is 23.9 Å². The van der Waals surface area contributed by atoms with Crippen molar-refractivity contribution in [2.75, 3.05) is 6.54 Å². The Balaban J connectivity index is 1.79. The summed E-state index contributed by atoms with van der Waals surface area (Å²) in [5.41, 5.74) is -1.01. The van der Waals surface area contributed by atoms with Crippen molar-refractivity contribution in [3.8, 4) is 0 Å². The minimum absolute atomic E-state index is 0.101. The van der Waals surface area contributed by atoms with Crippen molar-refractivity contribution in [1.29, 1.82) is 0 Å². The third kappa shape index (κ3) is 5.33. The lowest BCUT2D eigenvalue weighted by Crippen LogP contribution is -2.60. The van der Waals surface area contributed by atoms with Crippen molar-refractivity contribution in [2.24, 2.45) is 5.92 Å². The Morgan fingerprint density at radius 2 is 1.91 bits per heavy atom. The average Bonchev–Trinajstić information content (AvgIpc) is 3.67. The summed E-state index contributed by atoms with van der Waals surface area (Å²) in [5.74, 6) is -0.269. The van der Waals surface area contributed by atoms with Crippen molar-refractivity contribution in [2.45, 2.75) is 96.6 Å². The first kappa shape index (κ1) is 25.1. The Bertz CT molecular complexity index is 1220. The van der Waals surface area contributed by atoms with Crippen LogP contribution in [0.15, 0.2) is 15.7 Å². The number of carbonyl (C=O) groups excluding carboxylic acids is 2. The number of hydrogen-bond acceptors (Lipinski definition) is 5. The zero-order valence-electron chi connectivity index (χ0n) is 21.0. The van der Waals surface area contributed by atoms with Gasteiger partial charge in [0.2, 0.25) is 5.91 Å². The molecule has 2 aliphatic carbocycles. The van der Waals surface area contributed by atoms with Gasteiger partial charge in [-0.25, -0.2) is 9.78 Å². The summed E-state index contributed by atoms with van der Waals surface area (Å²) in [5, 5.41) is 6.14. The third-order valence-electron chi connectivity index (χ3n) is 7.07. The molecular formula is C26H37N5O4. The van der Waals surface area contributed by atoms with Crippen molar-refractivity contribution in [1.82, 2.24) is 25.2 Å². The molecule has 0 radical (unpaired) electrons. The third-order valence-corrected chi connectivity index (χ3v) is 7.07. The van der Waals surface area contributed by atoms with Crippen molar-refractivity contribution >= 4 is 22.8 Å². The summed E-state index contributed by atoms with van der Waals surface area (Å²) >= 11 is 0. The molecule has 35 heavy (non-hydrogen) atoms. The van der Waals surface area contributed by atoms with Gasteiger partial charge in [-0.1, -0.05) is 46.5 Å². The molecule has 2 aromatic rings. The molecule has 2 amide bonds. The molecule has 0 unspecified atom stereocenters. The number of pyridine rings is 1. The minimum atomic E-state index is -1.00. The molecule has 2 saturated carbocycles. The molecule has 0 aliphatic heterocycles. The largest absolute Gasteiger partial charge is 0.354 e. The van der Waals surface area contributed by atoms with Crippen LogP contribution in [0.4, 0.5) is 0 Å². The number of H-pyrrole nitrogens is 1. The van der Waals surface area contributed by atoms with Crippen LogP contribution in [0.5, 0.6) is 0 Å². The molecule has 9 nitrogen and oxygen atoms in total. The molecule has 0 saturated heterocycles. The van der Waals surface area contributed by atoms with Crippen molar-refractivity contribution < 1.29 is 9.59 Å². The van der Waals surface area contributed by atoms with Crippen molar-refractivity contribution in [3.63, 3.8) is 0 Å². The Morgan fingerprint density at radius 3 is 2.54 bits per heavy atom. The zero-order chi connectivity index (χ0) is 25.2. The molecule has 0 bridgehead atoms. The number of fused-ring (bicyclic) bond motifs is 1. The van der Waals surface area contributed by atoms with E-state index in [1.165, 1.54) is 4.57 Å². The van der Waals surface area contributed by atoms with E-state index >= 15 is 0 Å². The van der Waals surface area contributed by atoms with Crippen LogP contribution < -0.4 is 21.9 Å². The van der Waals surface area contributed by atoms with E-state index in [-0.39, 0.29) is 34.3 Å². The van der Waals surface area contributed by atoms with E-state index < -0.39 is 22.7 Å². The molecule has 2 heterocycles. The van der Waals surface area contributed by atoms with E-state index in [1.54, 1.807) is 6.07 Å². The zero-order valence-corrected chi connectivity index (χ0v) is 21.0. The molecule has 190 valence electrons. The maximum atomic E-state index is 13.8. The highest BCUT2D eigenvalue weighted by molar-refractivity contribution is 6.07. The number of nitrogens with zero attached hydrogens (tertiary/aromatic N) is 2. The highest BCUT2D eigenvalue weighted by Gasteiger charge is 2.41. The summed E-state index contributed by atoms with van der Waals surface area (Å²) in [6.45, 7) is 6.96. The molecule has 2 aromatic heterocycles.